The molecule has 0 unspecified atom stereocenters. The van der Waals surface area contributed by atoms with Crippen molar-refractivity contribution in [1.82, 2.24) is 5.32 Å². The van der Waals surface area contributed by atoms with E-state index in [9.17, 15) is 4.79 Å². The molecular weight excluding hydrogens is 314 g/mol. The molecule has 3 rings (SSSR count). The van der Waals surface area contributed by atoms with Crippen LogP contribution in [-0.2, 0) is 21.9 Å². The van der Waals surface area contributed by atoms with Crippen LogP contribution in [-0.4, -0.2) is 5.91 Å². The van der Waals surface area contributed by atoms with Gasteiger partial charge in [0.2, 0.25) is 5.91 Å². The number of benzene rings is 1. The first kappa shape index (κ1) is 19.3. The third-order valence-electron chi connectivity index (χ3n) is 3.06. The van der Waals surface area contributed by atoms with Crippen molar-refractivity contribution < 1.29 is 21.9 Å². The summed E-state index contributed by atoms with van der Waals surface area (Å²) in [5.74, 6) is 1.09. The van der Waals surface area contributed by atoms with Gasteiger partial charge in [0.25, 0.3) is 0 Å². The Kier molecular flexibility index (Phi) is 9.50. The SMILES string of the molecule is CC(=O)N[C@@H]([C]1[CH][CH][CH][CH]1)c1ccccc1.[CH]1[CH][CH][CH][CH]1.[Fe+2]. The number of carbonyl (C=O) groups is 1. The first-order valence-corrected chi connectivity index (χ1v) is 6.97. The second kappa shape index (κ2) is 10.9. The van der Waals surface area contributed by atoms with Gasteiger partial charge in [0, 0.05) is 12.8 Å². The monoisotopic (exact) mass is 333 g/mol. The quantitative estimate of drug-likeness (QED) is 0.845. The van der Waals surface area contributed by atoms with E-state index in [-0.39, 0.29) is 29.0 Å². The molecule has 0 aromatic heterocycles. The van der Waals surface area contributed by atoms with Crippen molar-refractivity contribution in [1.29, 1.82) is 0 Å². The van der Waals surface area contributed by atoms with Crippen LogP contribution < -0.4 is 5.32 Å². The molecule has 2 aliphatic carbocycles. The first-order chi connectivity index (χ1) is 10.3. The maximum absolute atomic E-state index is 11.2. The summed E-state index contributed by atoms with van der Waals surface area (Å²) in [6, 6.07) is 9.93. The van der Waals surface area contributed by atoms with Gasteiger partial charge in [-0.2, -0.15) is 0 Å². The van der Waals surface area contributed by atoms with Gasteiger partial charge in [0.05, 0.1) is 6.04 Å². The second-order valence-corrected chi connectivity index (χ2v) is 4.72. The average molecular weight is 333 g/mol. The molecule has 1 aromatic rings. The fourth-order valence-corrected chi connectivity index (χ4v) is 2.11. The fourth-order valence-electron chi connectivity index (χ4n) is 2.11. The van der Waals surface area contributed by atoms with Crippen LogP contribution in [0.5, 0.6) is 0 Å². The van der Waals surface area contributed by atoms with E-state index in [0.29, 0.717) is 0 Å². The van der Waals surface area contributed by atoms with Crippen LogP contribution in [0.4, 0.5) is 0 Å². The van der Waals surface area contributed by atoms with Gasteiger partial charge in [-0.25, -0.2) is 0 Å². The summed E-state index contributed by atoms with van der Waals surface area (Å²) in [7, 11) is 0. The number of rotatable bonds is 3. The summed E-state index contributed by atoms with van der Waals surface area (Å²) in [5, 5.41) is 2.96. The predicted molar refractivity (Wildman–Crippen MR) is 84.9 cm³/mol. The summed E-state index contributed by atoms with van der Waals surface area (Å²) in [6.07, 6.45) is 18.0. The molecule has 0 saturated heterocycles. The molecule has 0 aliphatic heterocycles. The Morgan fingerprint density at radius 1 is 0.864 bits per heavy atom. The minimum Gasteiger partial charge on any atom is -0.349 e. The van der Waals surface area contributed by atoms with Gasteiger partial charge < -0.3 is 5.32 Å². The molecule has 0 bridgehead atoms. The average Bonchev–Trinajstić information content (AvgIpc) is 3.21. The van der Waals surface area contributed by atoms with Crippen molar-refractivity contribution in [2.24, 2.45) is 0 Å². The van der Waals surface area contributed by atoms with Crippen LogP contribution in [0.15, 0.2) is 30.3 Å². The Morgan fingerprint density at radius 3 is 1.82 bits per heavy atom. The predicted octanol–water partition coefficient (Wildman–Crippen LogP) is 3.29. The molecule has 2 fully saturated rings. The van der Waals surface area contributed by atoms with Crippen LogP contribution in [0, 0.1) is 63.7 Å². The van der Waals surface area contributed by atoms with E-state index in [0.717, 1.165) is 11.5 Å². The normalized spacial score (nSPS) is 18.8. The number of amides is 1. The number of hydrogen-bond donors (Lipinski definition) is 1. The number of nitrogens with one attached hydrogen (secondary N) is 1. The van der Waals surface area contributed by atoms with Crippen LogP contribution in [0.1, 0.15) is 18.5 Å². The fraction of sp³-hybridized carbons (Fsp3) is 0.105. The summed E-state index contributed by atoms with van der Waals surface area (Å²) in [6.45, 7) is 1.54. The van der Waals surface area contributed by atoms with E-state index in [1.807, 2.05) is 88.1 Å². The van der Waals surface area contributed by atoms with E-state index in [2.05, 4.69) is 5.32 Å². The zero-order chi connectivity index (χ0) is 14.9. The van der Waals surface area contributed by atoms with Gasteiger partial charge in [0.1, 0.15) is 0 Å². The largest absolute Gasteiger partial charge is 2.00 e. The van der Waals surface area contributed by atoms with Crippen LogP contribution in [0.2, 0.25) is 0 Å². The third-order valence-corrected chi connectivity index (χ3v) is 3.06. The molecule has 1 amide bonds. The summed E-state index contributed by atoms with van der Waals surface area (Å²) in [4.78, 5) is 11.2. The molecular formula is C19H19FeNO+2. The van der Waals surface area contributed by atoms with Crippen LogP contribution in [0.3, 0.4) is 0 Å². The molecule has 2 saturated carbocycles. The second-order valence-electron chi connectivity index (χ2n) is 4.72. The molecule has 10 radical (unpaired) electrons. The van der Waals surface area contributed by atoms with Crippen molar-refractivity contribution >= 4 is 5.91 Å². The zero-order valence-corrected chi connectivity index (χ0v) is 13.5. The Balaban J connectivity index is 0.000000344. The van der Waals surface area contributed by atoms with Crippen LogP contribution in [0.25, 0.3) is 0 Å². The van der Waals surface area contributed by atoms with Gasteiger partial charge in [-0.05, 0) is 63.4 Å². The molecule has 2 aliphatic rings. The smallest absolute Gasteiger partial charge is 0.349 e. The van der Waals surface area contributed by atoms with Gasteiger partial charge in [0.15, 0.2) is 0 Å². The summed E-state index contributed by atoms with van der Waals surface area (Å²) >= 11 is 0. The Hall–Kier alpha value is -0.791. The molecule has 2 nitrogen and oxygen atoms in total. The standard InChI is InChI=1S/C14H14NO.C5H5.Fe/c1-11(16)15-14(13-9-5-6-10-13)12-7-3-2-4-8-12;1-2-4-5-3-1;/h2-10,14H,1H3,(H,15,16);1-5H;/q;;+2/t14-;;/m1../s1. The number of hydrogen-bond acceptors (Lipinski definition) is 1. The van der Waals surface area contributed by atoms with Gasteiger partial charge in [-0.3, -0.25) is 4.79 Å². The van der Waals surface area contributed by atoms with E-state index < -0.39 is 0 Å². The third kappa shape index (κ3) is 6.54. The Morgan fingerprint density at radius 2 is 1.36 bits per heavy atom. The van der Waals surface area contributed by atoms with Crippen molar-refractivity contribution in [2.45, 2.75) is 13.0 Å². The van der Waals surface area contributed by atoms with Crippen molar-refractivity contribution in [3.8, 4) is 0 Å². The molecule has 112 valence electrons. The first-order valence-electron chi connectivity index (χ1n) is 6.97. The van der Waals surface area contributed by atoms with E-state index in [1.165, 1.54) is 0 Å². The summed E-state index contributed by atoms with van der Waals surface area (Å²) < 4.78 is 0. The molecule has 3 heteroatoms. The minimum absolute atomic E-state index is 0. The van der Waals surface area contributed by atoms with Crippen molar-refractivity contribution in [3.63, 3.8) is 0 Å². The summed E-state index contributed by atoms with van der Waals surface area (Å²) in [5.41, 5.74) is 1.10. The maximum Gasteiger partial charge on any atom is 2.00 e. The van der Waals surface area contributed by atoms with Crippen molar-refractivity contribution in [3.05, 3.63) is 99.6 Å². The molecule has 0 heterocycles. The van der Waals surface area contributed by atoms with E-state index in [1.54, 1.807) is 6.92 Å². The Bertz CT molecular complexity index is 403. The molecule has 22 heavy (non-hydrogen) atoms. The zero-order valence-electron chi connectivity index (χ0n) is 12.4. The minimum atomic E-state index is -0.0475. The van der Waals surface area contributed by atoms with Gasteiger partial charge in [-0.15, -0.1) is 0 Å². The van der Waals surface area contributed by atoms with E-state index >= 15 is 0 Å². The van der Waals surface area contributed by atoms with Gasteiger partial charge >= 0.3 is 17.1 Å². The van der Waals surface area contributed by atoms with E-state index in [4.69, 9.17) is 0 Å². The topological polar surface area (TPSA) is 29.1 Å². The molecule has 0 spiro atoms. The maximum atomic E-state index is 11.2. The Labute approximate surface area is 145 Å². The molecule has 1 aromatic carbocycles. The number of carbonyl (C=O) groups excluding carboxylic acids is 1. The van der Waals surface area contributed by atoms with Crippen molar-refractivity contribution in [2.75, 3.05) is 0 Å². The molecule has 1 N–H and O–H groups in total. The van der Waals surface area contributed by atoms with Crippen LogP contribution >= 0.6 is 0 Å². The van der Waals surface area contributed by atoms with Gasteiger partial charge in [-0.1, -0.05) is 30.3 Å². The molecule has 1 atom stereocenters.